The molecule has 574 valence electrons. The van der Waals surface area contributed by atoms with E-state index in [1.165, 1.54) is 0 Å². The monoisotopic (exact) mass is 1910 g/mol. The Morgan fingerprint density at radius 2 is 0.417 bits per heavy atom. The van der Waals surface area contributed by atoms with Crippen LogP contribution in [0.3, 0.4) is 0 Å². The summed E-state index contributed by atoms with van der Waals surface area (Å²) in [6, 6.07) is 8.95. The van der Waals surface area contributed by atoms with Gasteiger partial charge in [0.25, 0.3) is 0 Å². The van der Waals surface area contributed by atoms with E-state index in [0.717, 1.165) is 12.5 Å². The Morgan fingerprint density at radius 3 is 0.625 bits per heavy atom. The van der Waals surface area contributed by atoms with E-state index < -0.39 is 129 Å². The van der Waals surface area contributed by atoms with Crippen LogP contribution in [0.25, 0.3) is 0 Å². The molecule has 0 aromatic carbocycles. The van der Waals surface area contributed by atoms with Gasteiger partial charge in [0.2, 0.25) is 9.76 Å². The van der Waals surface area contributed by atoms with Crippen molar-refractivity contribution in [3.63, 3.8) is 0 Å². The molecule has 0 amide bonds. The van der Waals surface area contributed by atoms with Crippen molar-refractivity contribution in [1.29, 1.82) is 0 Å². The van der Waals surface area contributed by atoms with Crippen LogP contribution in [0.5, 0.6) is 0 Å². The molecule has 96 heavy (non-hydrogen) atoms. The van der Waals surface area contributed by atoms with E-state index in [1.807, 2.05) is 0 Å². The second-order valence-corrected chi connectivity index (χ2v) is 82.7. The van der Waals surface area contributed by atoms with Crippen LogP contribution in [0.4, 0.5) is 0 Å². The Balaban J connectivity index is -0.00000179. The predicted octanol–water partition coefficient (Wildman–Crippen LogP) is 10.7. The summed E-state index contributed by atoms with van der Waals surface area (Å²) in [4.78, 5) is 0. The molecular formula is C51H134O28RfSi16-2. The second-order valence-electron chi connectivity index (χ2n) is 26.7. The van der Waals surface area contributed by atoms with Crippen LogP contribution < -0.4 is 0 Å². The van der Waals surface area contributed by atoms with Crippen molar-refractivity contribution < 1.29 is 122 Å². The van der Waals surface area contributed by atoms with E-state index >= 15 is 0 Å². The van der Waals surface area contributed by atoms with Gasteiger partial charge in [-0.15, -0.1) is 0 Å². The molecule has 0 aromatic heterocycles. The van der Waals surface area contributed by atoms with Crippen molar-refractivity contribution in [3.05, 3.63) is 14.2 Å². The van der Waals surface area contributed by atoms with Crippen LogP contribution in [-0.4, -0.2) is 280 Å². The molecule has 0 bridgehead atoms. The van der Waals surface area contributed by atoms with E-state index in [2.05, 4.69) is 106 Å². The molecule has 2 radical (unpaired) electrons. The molecule has 0 rings (SSSR count). The summed E-state index contributed by atoms with van der Waals surface area (Å²) in [7, 11) is -6.58. The van der Waals surface area contributed by atoms with Gasteiger partial charge in [-0.3, -0.25) is 0 Å². The molecule has 0 unspecified atom stereocenters. The minimum Gasteiger partial charge on any atom is -0.555 e. The minimum absolute atomic E-state index is 0. The third kappa shape index (κ3) is 36.6. The first kappa shape index (κ1) is 102. The van der Waals surface area contributed by atoms with E-state index in [9.17, 15) is 0 Å². The van der Waals surface area contributed by atoms with Crippen LogP contribution in [0.1, 0.15) is 6.42 Å². The minimum atomic E-state index is -3.91. The molecule has 0 aliphatic heterocycles. The fraction of sp³-hybridized carbons (Fsp3) is 0.961. The van der Waals surface area contributed by atoms with Gasteiger partial charge >= 0.3 is 70.9 Å². The summed E-state index contributed by atoms with van der Waals surface area (Å²) >= 11 is 0. The molecule has 0 aliphatic rings. The van der Waals surface area contributed by atoms with Crippen LogP contribution >= 0.6 is 0 Å². The average Bonchev–Trinajstić information content (AvgIpc) is 0.787. The zero-order valence-electron chi connectivity index (χ0n) is 65.6. The van der Waals surface area contributed by atoms with Crippen molar-refractivity contribution in [3.8, 4) is 0 Å². The molecule has 45 heteroatoms. The zero-order chi connectivity index (χ0) is 74.0. The van der Waals surface area contributed by atoms with E-state index in [4.69, 9.17) is 122 Å². The SMILES string of the molecule is [CH2-]OCCC[Si](C)(C)O[Si](O[Si](C)(C)CC[Si](OC)(OC)OC)(O[Si](C)(C)CC[Si](OC)(OC)OC)O[Si](C)(C)CC[Si](OC)(OC)OC.[CH2-]OCC[Si](C)(C)O[Si](O[Si]CC[Si](OC)(OC)OC)(O[Si](C)(C)CC[Si](OC)(OC)OC)O[Si](C)(C)CC[Si](OC)(OC)OC.[Rf]. The topological polar surface area (TPSA) is 258 Å². The van der Waals surface area contributed by atoms with Gasteiger partial charge in [0.05, 0.1) is 0 Å². The second kappa shape index (κ2) is 46.4. The third-order valence-electron chi connectivity index (χ3n) is 16.2. The van der Waals surface area contributed by atoms with Gasteiger partial charge in [0.15, 0.2) is 58.2 Å². The van der Waals surface area contributed by atoms with E-state index in [1.54, 1.807) is 128 Å². The Labute approximate surface area is 595 Å². The molecule has 0 atom stereocenters. The van der Waals surface area contributed by atoms with Crippen molar-refractivity contribution in [1.82, 2.24) is 0 Å². The molecule has 0 spiro atoms. The Morgan fingerprint density at radius 1 is 0.229 bits per heavy atom. The quantitative estimate of drug-likeness (QED) is 0.0311. The number of rotatable bonds is 59. The molecule has 28 nitrogen and oxygen atoms in total. The summed E-state index contributed by atoms with van der Waals surface area (Å²) in [5.41, 5.74) is 0. The van der Waals surface area contributed by atoms with Crippen LogP contribution in [0.15, 0.2) is 0 Å². The van der Waals surface area contributed by atoms with Gasteiger partial charge < -0.3 is 122 Å². The fourth-order valence-electron chi connectivity index (χ4n) is 9.85. The van der Waals surface area contributed by atoms with E-state index in [-0.39, 0.29) is 9.76 Å². The first-order valence-electron chi connectivity index (χ1n) is 31.9. The molecule has 0 saturated carbocycles. The number of hydrogen-bond donors (Lipinski definition) is 0. The Kier molecular flexibility index (Phi) is 49.1. The maximum atomic E-state index is 7.35. The van der Waals surface area contributed by atoms with E-state index in [0.29, 0.717) is 91.8 Å². The van der Waals surface area contributed by atoms with Gasteiger partial charge in [-0.2, -0.15) is 0 Å². The molecule has 0 heterocycles. The zero-order valence-corrected chi connectivity index (χ0v) is 88.0. The largest absolute Gasteiger partial charge is 0.636 e. The first-order chi connectivity index (χ1) is 43.9. The molecule has 0 aromatic rings. The summed E-state index contributed by atoms with van der Waals surface area (Å²) < 4.78 is 171. The van der Waals surface area contributed by atoms with Gasteiger partial charge in [-0.05, 0) is 146 Å². The van der Waals surface area contributed by atoms with Gasteiger partial charge in [-0.25, -0.2) is 14.2 Å². The van der Waals surface area contributed by atoms with Gasteiger partial charge in [0.1, 0.15) is 0 Å². The maximum Gasteiger partial charge on any atom is 0.636 e. The molecule has 0 aliphatic carbocycles. The van der Waals surface area contributed by atoms with Crippen LogP contribution in [-0.2, 0) is 122 Å². The summed E-state index contributed by atoms with van der Waals surface area (Å²) in [5, 5.41) is 0. The van der Waals surface area contributed by atoms with Gasteiger partial charge in [0, 0.05) is 177 Å². The molecular weight excluding hydrogens is 1780 g/mol. The van der Waals surface area contributed by atoms with Gasteiger partial charge in [-0.1, -0.05) is 0 Å². The molecule has 0 fully saturated rings. The predicted molar refractivity (Wildman–Crippen MR) is 404 cm³/mol. The number of ether oxygens (including phenoxy) is 2. The molecule has 0 N–H and O–H groups in total. The number of hydrogen-bond acceptors (Lipinski definition) is 28. The third-order valence-corrected chi connectivity index (χ3v) is 70.3. The maximum absolute atomic E-state index is 7.35. The van der Waals surface area contributed by atoms with Crippen molar-refractivity contribution in [2.75, 3.05) is 141 Å². The summed E-state index contributed by atoms with van der Waals surface area (Å²) in [6.07, 6.45) is 0.798. The summed E-state index contributed by atoms with van der Waals surface area (Å²) in [5.74, 6) is 0. The Bertz CT molecular complexity index is 1820. The summed E-state index contributed by atoms with van der Waals surface area (Å²) in [6.45, 7) is 31.1. The average molecular weight is 1910 g/mol. The van der Waals surface area contributed by atoms with Crippen LogP contribution in [0.2, 0.25) is 176 Å². The van der Waals surface area contributed by atoms with Crippen molar-refractivity contribution in [2.24, 2.45) is 0 Å². The van der Waals surface area contributed by atoms with Crippen LogP contribution in [0, 0.1) is 14.2 Å². The smallest absolute Gasteiger partial charge is 0.555 e. The standard InChI is InChI=1S/C27H71O14Si8.C24H63O14Si8.Rf/c1-28-20-19-21-42(11,12)38-49(39-43(13,14)22-25-46(29-2,30-3)31-4,40-44(15,16)23-26-47(32-5,33-6)34-7)41-45(17,18)24-27-48(35-8,36-9)37-10;1-25-17-19-40(11,12)36-46(35-39-18-20-43(26-2,27-3)28-4,37-41(13,14)21-23-44(29-5,30-6)31-7)38-42(15,16)22-24-45(32-8,33-9)34-10;/h1,19-27H2,2-18H3;1,17-24H2,2-16H3;/q2*-1;. The Hall–Kier alpha value is 1.35. The van der Waals surface area contributed by atoms with Crippen molar-refractivity contribution >= 4 is 139 Å². The normalized spacial score (nSPS) is 14.3. The molecule has 0 saturated heterocycles. The first-order valence-corrected chi connectivity index (χ1v) is 69.7. The fourth-order valence-corrected chi connectivity index (χ4v) is 67.4. The van der Waals surface area contributed by atoms with Crippen molar-refractivity contribution in [2.45, 2.75) is 183 Å².